The standard InChI is InChI=1S/C35H49N3O6S/c1-23-9-10-29-34(2,25(23)21-28(24-14-20-43-33(24)42)45-27-8-6-5-7-26(27)36)15-13-30(35(29,3)22-39)44-32(41)12-11-31(40)38-18-16-37(4)17-19-38/h5-8,14,25,28-30,39H,1,9-13,15-22,36H2,2-4H3. The number of aliphatic hydroxyl groups is 1. The first-order valence-corrected chi connectivity index (χ1v) is 17.2. The molecule has 2 heterocycles. The SMILES string of the molecule is C=C1CCC2C(C)(CO)C(OC(=O)CCC(=O)N3CCN(C)CC3)CCC2(C)C1CC(Sc1ccccc1N)C1=CCOC1=O. The van der Waals surface area contributed by atoms with E-state index in [1.165, 1.54) is 0 Å². The van der Waals surface area contributed by atoms with Crippen LogP contribution in [0.2, 0.25) is 0 Å². The van der Waals surface area contributed by atoms with Crippen LogP contribution in [0.1, 0.15) is 58.8 Å². The average Bonchev–Trinajstić information content (AvgIpc) is 3.45. The van der Waals surface area contributed by atoms with Crippen molar-refractivity contribution in [3.8, 4) is 0 Å². The molecule has 9 nitrogen and oxygen atoms in total. The largest absolute Gasteiger partial charge is 0.462 e. The van der Waals surface area contributed by atoms with Crippen molar-refractivity contribution < 1.29 is 29.0 Å². The lowest BCUT2D eigenvalue weighted by molar-refractivity contribution is -0.187. The molecule has 3 fully saturated rings. The third kappa shape index (κ3) is 6.98. The van der Waals surface area contributed by atoms with Crippen LogP contribution in [0.3, 0.4) is 0 Å². The number of thioether (sulfide) groups is 1. The number of carbonyl (C=O) groups excluding carboxylic acids is 3. The van der Waals surface area contributed by atoms with Crippen molar-refractivity contribution >= 4 is 35.3 Å². The van der Waals surface area contributed by atoms with E-state index in [2.05, 4.69) is 18.4 Å². The fourth-order valence-corrected chi connectivity index (χ4v) is 9.56. The Morgan fingerprint density at radius 2 is 1.91 bits per heavy atom. The first kappa shape index (κ1) is 33.5. The highest BCUT2D eigenvalue weighted by atomic mass is 32.2. The minimum Gasteiger partial charge on any atom is -0.462 e. The number of anilines is 1. The molecule has 1 amide bonds. The van der Waals surface area contributed by atoms with Crippen LogP contribution in [0, 0.1) is 22.7 Å². The Kier molecular flexibility index (Phi) is 10.4. The third-order valence-corrected chi connectivity index (χ3v) is 12.4. The molecule has 1 saturated heterocycles. The van der Waals surface area contributed by atoms with Crippen LogP contribution in [0.15, 0.2) is 53.0 Å². The number of nitrogens with two attached hydrogens (primary N) is 1. The summed E-state index contributed by atoms with van der Waals surface area (Å²) in [5, 5.41) is 10.7. The highest BCUT2D eigenvalue weighted by Crippen LogP contribution is 2.63. The molecule has 3 N–H and O–H groups in total. The normalized spacial score (nSPS) is 31.2. The lowest BCUT2D eigenvalue weighted by Crippen LogP contribution is -2.58. The second-order valence-electron chi connectivity index (χ2n) is 13.8. The summed E-state index contributed by atoms with van der Waals surface area (Å²) in [5.41, 5.74) is 7.94. The molecule has 0 radical (unpaired) electrons. The number of amides is 1. The van der Waals surface area contributed by atoms with Gasteiger partial charge in [-0.05, 0) is 74.6 Å². The zero-order valence-electron chi connectivity index (χ0n) is 27.0. The molecule has 0 aromatic heterocycles. The Bertz CT molecular complexity index is 1330. The van der Waals surface area contributed by atoms with Crippen molar-refractivity contribution in [2.75, 3.05) is 52.2 Å². The van der Waals surface area contributed by atoms with E-state index in [-0.39, 0.29) is 66.4 Å². The van der Waals surface area contributed by atoms with Crippen LogP contribution in [0.4, 0.5) is 5.69 Å². The van der Waals surface area contributed by atoms with Gasteiger partial charge >= 0.3 is 11.9 Å². The first-order chi connectivity index (χ1) is 21.5. The number of cyclic esters (lactones) is 1. The van der Waals surface area contributed by atoms with Crippen molar-refractivity contribution in [1.29, 1.82) is 0 Å². The van der Waals surface area contributed by atoms with Crippen LogP contribution < -0.4 is 5.73 Å². The van der Waals surface area contributed by atoms with Gasteiger partial charge in [-0.25, -0.2) is 4.79 Å². The second kappa shape index (κ2) is 13.9. The molecule has 0 spiro atoms. The molecule has 246 valence electrons. The van der Waals surface area contributed by atoms with Crippen LogP contribution in [-0.2, 0) is 23.9 Å². The summed E-state index contributed by atoms with van der Waals surface area (Å²) in [6.45, 7) is 12.0. The number of allylic oxidation sites excluding steroid dienone is 1. The Labute approximate surface area is 271 Å². The summed E-state index contributed by atoms with van der Waals surface area (Å²) in [4.78, 5) is 43.5. The van der Waals surface area contributed by atoms with Crippen molar-refractivity contribution in [2.24, 2.45) is 22.7 Å². The smallest absolute Gasteiger partial charge is 0.335 e. The molecule has 45 heavy (non-hydrogen) atoms. The van der Waals surface area contributed by atoms with Crippen molar-refractivity contribution in [3.63, 3.8) is 0 Å². The lowest BCUT2D eigenvalue weighted by Gasteiger charge is -2.60. The molecule has 0 bridgehead atoms. The van der Waals surface area contributed by atoms with E-state index in [1.807, 2.05) is 49.2 Å². The topological polar surface area (TPSA) is 122 Å². The first-order valence-electron chi connectivity index (χ1n) is 16.3. The molecule has 2 saturated carbocycles. The molecule has 10 heteroatoms. The number of nitrogens with zero attached hydrogens (tertiary/aromatic N) is 2. The lowest BCUT2D eigenvalue weighted by atomic mass is 9.46. The van der Waals surface area contributed by atoms with Crippen LogP contribution in [0.25, 0.3) is 0 Å². The van der Waals surface area contributed by atoms with Crippen LogP contribution in [0.5, 0.6) is 0 Å². The summed E-state index contributed by atoms with van der Waals surface area (Å²) in [6.07, 6.45) is 5.35. The zero-order valence-corrected chi connectivity index (χ0v) is 27.8. The van der Waals surface area contributed by atoms with E-state index in [0.717, 1.165) is 42.8 Å². The predicted octanol–water partition coefficient (Wildman–Crippen LogP) is 4.45. The van der Waals surface area contributed by atoms with E-state index in [4.69, 9.17) is 15.2 Å². The van der Waals surface area contributed by atoms with Gasteiger partial charge in [0.15, 0.2) is 0 Å². The van der Waals surface area contributed by atoms with Crippen LogP contribution >= 0.6 is 11.8 Å². The number of nitrogen functional groups attached to an aromatic ring is 1. The van der Waals surface area contributed by atoms with E-state index in [9.17, 15) is 19.5 Å². The molecule has 1 aromatic rings. The monoisotopic (exact) mass is 639 g/mol. The number of carbonyl (C=O) groups is 3. The van der Waals surface area contributed by atoms with Gasteiger partial charge in [0.2, 0.25) is 5.91 Å². The van der Waals surface area contributed by atoms with Gasteiger partial charge in [0.05, 0.1) is 13.0 Å². The third-order valence-electron chi connectivity index (χ3n) is 11.1. The van der Waals surface area contributed by atoms with Crippen molar-refractivity contribution in [2.45, 2.75) is 75.0 Å². The van der Waals surface area contributed by atoms with Gasteiger partial charge in [0.25, 0.3) is 0 Å². The van der Waals surface area contributed by atoms with Crippen molar-refractivity contribution in [3.05, 3.63) is 48.1 Å². The summed E-state index contributed by atoms with van der Waals surface area (Å²) < 4.78 is 11.4. The predicted molar refractivity (Wildman–Crippen MR) is 175 cm³/mol. The maximum Gasteiger partial charge on any atom is 0.335 e. The summed E-state index contributed by atoms with van der Waals surface area (Å²) in [5.74, 6) is -0.531. The maximum absolute atomic E-state index is 13.1. The van der Waals surface area contributed by atoms with Gasteiger partial charge in [-0.15, -0.1) is 11.8 Å². The van der Waals surface area contributed by atoms with Gasteiger partial charge in [-0.3, -0.25) is 9.59 Å². The van der Waals surface area contributed by atoms with E-state index < -0.39 is 11.5 Å². The Hall–Kier alpha value is -2.82. The number of esters is 2. The Balaban J connectivity index is 1.30. The summed E-state index contributed by atoms with van der Waals surface area (Å²) >= 11 is 1.60. The van der Waals surface area contributed by atoms with Gasteiger partial charge in [0.1, 0.15) is 12.7 Å². The highest BCUT2D eigenvalue weighted by molar-refractivity contribution is 8.00. The van der Waals surface area contributed by atoms with Gasteiger partial charge < -0.3 is 30.1 Å². The molecule has 2 aliphatic heterocycles. The number of piperazine rings is 1. The number of likely N-dealkylation sites (N-methyl/N-ethyl adjacent to an activating group) is 1. The second-order valence-corrected chi connectivity index (χ2v) is 15.1. The van der Waals surface area contributed by atoms with E-state index >= 15 is 0 Å². The number of aliphatic hydroxyl groups excluding tert-OH is 1. The molecule has 6 unspecified atom stereocenters. The number of benzene rings is 1. The van der Waals surface area contributed by atoms with Gasteiger partial charge in [0, 0.05) is 59.4 Å². The molecule has 4 aliphatic rings. The Morgan fingerprint density at radius 3 is 2.58 bits per heavy atom. The van der Waals surface area contributed by atoms with Crippen LogP contribution in [-0.4, -0.2) is 90.5 Å². The molecule has 2 aliphatic carbocycles. The Morgan fingerprint density at radius 1 is 1.18 bits per heavy atom. The number of para-hydroxylation sites is 1. The molecular weight excluding hydrogens is 590 g/mol. The number of rotatable bonds is 10. The highest BCUT2D eigenvalue weighted by Gasteiger charge is 2.59. The minimum atomic E-state index is -0.652. The number of hydrogen-bond acceptors (Lipinski definition) is 9. The quantitative estimate of drug-likeness (QED) is 0.166. The molecular formula is C35H49N3O6S. The molecule has 5 rings (SSSR count). The van der Waals surface area contributed by atoms with E-state index in [0.29, 0.717) is 37.2 Å². The fourth-order valence-electron chi connectivity index (χ4n) is 8.28. The van der Waals surface area contributed by atoms with Gasteiger partial charge in [-0.1, -0.05) is 38.1 Å². The maximum atomic E-state index is 13.1. The number of fused-ring (bicyclic) bond motifs is 1. The number of ether oxygens (including phenoxy) is 2. The zero-order chi connectivity index (χ0) is 32.4. The number of hydrogen-bond donors (Lipinski definition) is 2. The molecule has 1 aromatic carbocycles. The summed E-state index contributed by atoms with van der Waals surface area (Å²) in [7, 11) is 2.04. The van der Waals surface area contributed by atoms with Crippen molar-refractivity contribution in [1.82, 2.24) is 9.80 Å². The fraction of sp³-hybridized carbons (Fsp3) is 0.629. The molecule has 6 atom stereocenters. The average molecular weight is 640 g/mol. The van der Waals surface area contributed by atoms with Gasteiger partial charge in [-0.2, -0.15) is 0 Å². The van der Waals surface area contributed by atoms with E-state index in [1.54, 1.807) is 11.8 Å². The summed E-state index contributed by atoms with van der Waals surface area (Å²) in [6, 6.07) is 7.70. The minimum absolute atomic E-state index is 0.0132.